The maximum atomic E-state index is 11.9. The predicted molar refractivity (Wildman–Crippen MR) is 151 cm³/mol. The van der Waals surface area contributed by atoms with Gasteiger partial charge in [-0.05, 0) is 87.8 Å². The number of rotatable bonds is 14. The third kappa shape index (κ3) is 9.15. The summed E-state index contributed by atoms with van der Waals surface area (Å²) in [6.07, 6.45) is 12.8. The molecule has 0 saturated heterocycles. The zero-order valence-electron chi connectivity index (χ0n) is 24.2. The highest BCUT2D eigenvalue weighted by atomic mass is 35.5. The molecule has 0 N–H and O–H groups in total. The van der Waals surface area contributed by atoms with Gasteiger partial charge in [-0.1, -0.05) is 84.2 Å². The molecule has 4 nitrogen and oxygen atoms in total. The Hall–Kier alpha value is -1.42. The van der Waals surface area contributed by atoms with Gasteiger partial charge < -0.3 is 14.2 Å². The van der Waals surface area contributed by atoms with Crippen LogP contribution in [0.5, 0.6) is 11.5 Å². The molecule has 0 bridgehead atoms. The third-order valence-corrected chi connectivity index (χ3v) is 8.31. The number of benzene rings is 1. The monoisotopic (exact) mass is 522 g/mol. The summed E-state index contributed by atoms with van der Waals surface area (Å²) in [6, 6.07) is -0.224. The minimum absolute atomic E-state index is 0.152. The van der Waals surface area contributed by atoms with E-state index >= 15 is 0 Å². The molecule has 5 heteroatoms. The number of ether oxygens (including phenoxy) is 3. The fourth-order valence-electron chi connectivity index (χ4n) is 5.57. The van der Waals surface area contributed by atoms with Crippen LogP contribution >= 0.6 is 11.6 Å². The molecular formula is C31H51ClO4. The molecule has 0 amide bonds. The van der Waals surface area contributed by atoms with E-state index in [1.54, 1.807) is 0 Å². The van der Waals surface area contributed by atoms with E-state index in [9.17, 15) is 4.79 Å². The average molecular weight is 523 g/mol. The molecule has 0 radical (unpaired) electrons. The second-order valence-electron chi connectivity index (χ2n) is 12.0. The summed E-state index contributed by atoms with van der Waals surface area (Å²) in [6.45, 7) is 17.7. The molecule has 1 aliphatic heterocycles. The number of carbonyl (C=O) groups excluding carboxylic acids is 1. The van der Waals surface area contributed by atoms with Crippen LogP contribution < -0.4 is 9.47 Å². The number of halogens is 1. The summed E-state index contributed by atoms with van der Waals surface area (Å²) in [7, 11) is 0. The fourth-order valence-corrected chi connectivity index (χ4v) is 5.66. The zero-order chi connectivity index (χ0) is 26.9. The minimum Gasteiger partial charge on any atom is -0.487 e. The molecule has 1 aliphatic rings. The Kier molecular flexibility index (Phi) is 12.4. The van der Waals surface area contributed by atoms with E-state index in [0.717, 1.165) is 65.0 Å². The molecule has 0 saturated carbocycles. The quantitative estimate of drug-likeness (QED) is 0.138. The van der Waals surface area contributed by atoms with Crippen molar-refractivity contribution < 1.29 is 19.0 Å². The summed E-state index contributed by atoms with van der Waals surface area (Å²) in [5.74, 6) is 3.99. The van der Waals surface area contributed by atoms with Crippen LogP contribution in [0.1, 0.15) is 121 Å². The van der Waals surface area contributed by atoms with Crippen molar-refractivity contribution in [2.24, 2.45) is 17.8 Å². The highest BCUT2D eigenvalue weighted by Crippen LogP contribution is 2.45. The second-order valence-corrected chi connectivity index (χ2v) is 12.2. The van der Waals surface area contributed by atoms with Gasteiger partial charge in [-0.15, -0.1) is 0 Å². The molecule has 0 fully saturated rings. The van der Waals surface area contributed by atoms with Gasteiger partial charge in [0.2, 0.25) is 0 Å². The molecule has 3 unspecified atom stereocenters. The molecule has 206 valence electrons. The maximum Gasteiger partial charge on any atom is 0.515 e. The smallest absolute Gasteiger partial charge is 0.487 e. The lowest BCUT2D eigenvalue weighted by Gasteiger charge is -2.38. The summed E-state index contributed by atoms with van der Waals surface area (Å²) in [5.41, 5.74) is 3.88. The number of alkyl halides is 1. The van der Waals surface area contributed by atoms with Crippen LogP contribution in [0.2, 0.25) is 0 Å². The van der Waals surface area contributed by atoms with Crippen LogP contribution in [0.25, 0.3) is 0 Å². The Morgan fingerprint density at radius 2 is 1.50 bits per heavy atom. The minimum atomic E-state index is -0.771. The first-order chi connectivity index (χ1) is 17.0. The lowest BCUT2D eigenvalue weighted by atomic mass is 9.83. The lowest BCUT2D eigenvalue weighted by Crippen LogP contribution is -2.37. The number of hydrogen-bond acceptors (Lipinski definition) is 4. The van der Waals surface area contributed by atoms with Gasteiger partial charge in [-0.3, -0.25) is 0 Å². The van der Waals surface area contributed by atoms with Crippen LogP contribution in [0, 0.1) is 38.5 Å². The van der Waals surface area contributed by atoms with Crippen molar-refractivity contribution >= 4 is 17.8 Å². The van der Waals surface area contributed by atoms with Crippen LogP contribution in [0.15, 0.2) is 0 Å². The third-order valence-electron chi connectivity index (χ3n) is 8.20. The topological polar surface area (TPSA) is 44.8 Å². The Morgan fingerprint density at radius 1 is 0.917 bits per heavy atom. The summed E-state index contributed by atoms with van der Waals surface area (Å²) >= 11 is 5.50. The van der Waals surface area contributed by atoms with Gasteiger partial charge in [0, 0.05) is 5.56 Å². The SMILES string of the molecule is Cc1c(C)c2c(c(C)c1OC(=O)OCCl)CCC(C)(CCCC(C)CCCC(C)CCCC(C)C)O2. The highest BCUT2D eigenvalue weighted by molar-refractivity contribution is 6.17. The van der Waals surface area contributed by atoms with E-state index in [1.165, 1.54) is 51.4 Å². The first-order valence-electron chi connectivity index (χ1n) is 14.2. The van der Waals surface area contributed by atoms with Crippen LogP contribution in [-0.4, -0.2) is 17.8 Å². The molecule has 1 aromatic carbocycles. The van der Waals surface area contributed by atoms with Crippen molar-refractivity contribution in [3.8, 4) is 11.5 Å². The Morgan fingerprint density at radius 3 is 2.08 bits per heavy atom. The van der Waals surface area contributed by atoms with Gasteiger partial charge >= 0.3 is 6.16 Å². The van der Waals surface area contributed by atoms with Crippen molar-refractivity contribution in [3.63, 3.8) is 0 Å². The van der Waals surface area contributed by atoms with Crippen molar-refractivity contribution in [2.45, 2.75) is 132 Å². The molecule has 1 aromatic rings. The van der Waals surface area contributed by atoms with Crippen molar-refractivity contribution in [1.82, 2.24) is 0 Å². The second kappa shape index (κ2) is 14.5. The molecule has 3 atom stereocenters. The molecule has 0 aromatic heterocycles. The van der Waals surface area contributed by atoms with E-state index in [2.05, 4.69) is 34.6 Å². The largest absolute Gasteiger partial charge is 0.515 e. The Labute approximate surface area is 225 Å². The summed E-state index contributed by atoms with van der Waals surface area (Å²) < 4.78 is 16.9. The van der Waals surface area contributed by atoms with Crippen molar-refractivity contribution in [1.29, 1.82) is 0 Å². The Bertz CT molecular complexity index is 850. The van der Waals surface area contributed by atoms with E-state index in [1.807, 2.05) is 20.8 Å². The standard InChI is InChI=1S/C31H51ClO4/c1-21(2)12-9-13-22(3)14-10-15-23(4)16-11-18-31(8)19-17-27-26(7)28(35-30(33)34-20-32)24(5)25(6)29(27)36-31/h21-23H,9-20H2,1-8H3. The van der Waals surface area contributed by atoms with Crippen LogP contribution in [-0.2, 0) is 11.2 Å². The molecule has 1 heterocycles. The van der Waals surface area contributed by atoms with E-state index < -0.39 is 6.16 Å². The summed E-state index contributed by atoms with van der Waals surface area (Å²) in [4.78, 5) is 11.9. The number of carbonyl (C=O) groups is 1. The first-order valence-corrected chi connectivity index (χ1v) is 14.7. The van der Waals surface area contributed by atoms with Gasteiger partial charge in [0.1, 0.15) is 17.1 Å². The van der Waals surface area contributed by atoms with E-state index in [4.69, 9.17) is 25.8 Å². The van der Waals surface area contributed by atoms with Gasteiger partial charge in [0.05, 0.1) is 0 Å². The zero-order valence-corrected chi connectivity index (χ0v) is 25.0. The Balaban J connectivity index is 1.85. The van der Waals surface area contributed by atoms with Crippen LogP contribution in [0.3, 0.4) is 0 Å². The average Bonchev–Trinajstić information content (AvgIpc) is 2.80. The van der Waals surface area contributed by atoms with Gasteiger partial charge in [-0.25, -0.2) is 4.79 Å². The van der Waals surface area contributed by atoms with Gasteiger partial charge in [0.25, 0.3) is 0 Å². The molecule has 36 heavy (non-hydrogen) atoms. The normalized spacial score (nSPS) is 18.9. The van der Waals surface area contributed by atoms with Gasteiger partial charge in [-0.2, -0.15) is 0 Å². The number of hydrogen-bond donors (Lipinski definition) is 0. The van der Waals surface area contributed by atoms with Crippen molar-refractivity contribution in [3.05, 3.63) is 22.3 Å². The molecule has 0 spiro atoms. The lowest BCUT2D eigenvalue weighted by molar-refractivity contribution is 0.0510. The van der Waals surface area contributed by atoms with Crippen LogP contribution in [0.4, 0.5) is 4.79 Å². The van der Waals surface area contributed by atoms with Crippen molar-refractivity contribution in [2.75, 3.05) is 6.07 Å². The first kappa shape index (κ1) is 30.8. The fraction of sp³-hybridized carbons (Fsp3) is 0.774. The highest BCUT2D eigenvalue weighted by Gasteiger charge is 2.35. The molecule has 0 aliphatic carbocycles. The predicted octanol–water partition coefficient (Wildman–Crippen LogP) is 9.85. The van der Waals surface area contributed by atoms with E-state index in [0.29, 0.717) is 5.75 Å². The van der Waals surface area contributed by atoms with Gasteiger partial charge in [0.15, 0.2) is 6.07 Å². The maximum absolute atomic E-state index is 11.9. The molecular weight excluding hydrogens is 472 g/mol. The molecule has 2 rings (SSSR count). The number of fused-ring (bicyclic) bond motifs is 1. The van der Waals surface area contributed by atoms with E-state index in [-0.39, 0.29) is 11.7 Å². The summed E-state index contributed by atoms with van der Waals surface area (Å²) in [5, 5.41) is 0.